The van der Waals surface area contributed by atoms with Crippen molar-refractivity contribution in [1.29, 1.82) is 0 Å². The Bertz CT molecular complexity index is 894. The number of rotatable bonds is 4. The van der Waals surface area contributed by atoms with Gasteiger partial charge in [0, 0.05) is 5.39 Å². The van der Waals surface area contributed by atoms with E-state index in [0.717, 1.165) is 16.7 Å². The van der Waals surface area contributed by atoms with Crippen molar-refractivity contribution in [2.45, 2.75) is 51.4 Å². The number of halogens is 1. The molecule has 4 rings (SSSR count). The van der Waals surface area contributed by atoms with Crippen LogP contribution in [0, 0.1) is 18.7 Å². The maximum atomic E-state index is 14.1. The molecule has 1 fully saturated rings. The summed E-state index contributed by atoms with van der Waals surface area (Å²) in [6.45, 7) is 4.45. The molecular formula is C25H27F. The summed E-state index contributed by atoms with van der Waals surface area (Å²) in [4.78, 5) is 0. The topological polar surface area (TPSA) is 0 Å². The van der Waals surface area contributed by atoms with Crippen LogP contribution in [0.15, 0.2) is 60.7 Å². The second-order valence-corrected chi connectivity index (χ2v) is 8.11. The third-order valence-electron chi connectivity index (χ3n) is 6.21. The molecule has 1 heteroatoms. The third kappa shape index (κ3) is 3.40. The first-order chi connectivity index (χ1) is 12.6. The normalized spacial score (nSPS) is 21.2. The lowest BCUT2D eigenvalue weighted by Crippen LogP contribution is -2.04. The minimum Gasteiger partial charge on any atom is -0.206 e. The van der Waals surface area contributed by atoms with Gasteiger partial charge in [0.25, 0.3) is 0 Å². The van der Waals surface area contributed by atoms with Crippen LogP contribution in [0.1, 0.15) is 61.1 Å². The maximum Gasteiger partial charge on any atom is 0.131 e. The van der Waals surface area contributed by atoms with Crippen LogP contribution in [-0.2, 0) is 0 Å². The van der Waals surface area contributed by atoms with Crippen LogP contribution in [0.3, 0.4) is 0 Å². The molecule has 0 spiro atoms. The summed E-state index contributed by atoms with van der Waals surface area (Å²) < 4.78 is 14.1. The van der Waals surface area contributed by atoms with E-state index in [1.165, 1.54) is 42.4 Å². The SMILES string of the molecule is Cc1ccc([C@H]2CCC(C[C@H](C)c3ccc(F)c4ccccc34)C2)cc1. The Balaban J connectivity index is 1.48. The minimum absolute atomic E-state index is 0.114. The minimum atomic E-state index is -0.114. The second-order valence-electron chi connectivity index (χ2n) is 8.11. The van der Waals surface area contributed by atoms with Gasteiger partial charge in [0.1, 0.15) is 5.82 Å². The zero-order chi connectivity index (χ0) is 18.1. The van der Waals surface area contributed by atoms with Crippen LogP contribution < -0.4 is 0 Å². The first-order valence-electron chi connectivity index (χ1n) is 9.85. The molecule has 0 heterocycles. The zero-order valence-electron chi connectivity index (χ0n) is 15.7. The molecule has 0 bridgehead atoms. The molecule has 0 aromatic heterocycles. The Morgan fingerprint density at radius 2 is 1.65 bits per heavy atom. The smallest absolute Gasteiger partial charge is 0.131 e. The van der Waals surface area contributed by atoms with E-state index in [-0.39, 0.29) is 5.82 Å². The van der Waals surface area contributed by atoms with Gasteiger partial charge < -0.3 is 0 Å². The van der Waals surface area contributed by atoms with E-state index in [1.54, 1.807) is 6.07 Å². The standard InChI is InChI=1S/C25H27F/c1-17-7-10-20(11-8-17)21-12-9-19(16-21)15-18(2)22-13-14-25(26)24-6-4-3-5-23(22)24/h3-8,10-11,13-14,18-19,21H,9,12,15-16H2,1-2H3/t18-,19?,21-/m0/s1. The van der Waals surface area contributed by atoms with Gasteiger partial charge in [-0.3, -0.25) is 0 Å². The highest BCUT2D eigenvalue weighted by Gasteiger charge is 2.27. The number of aryl methyl sites for hydroxylation is 1. The van der Waals surface area contributed by atoms with E-state index in [0.29, 0.717) is 11.8 Å². The average Bonchev–Trinajstić information content (AvgIpc) is 3.11. The van der Waals surface area contributed by atoms with Crippen molar-refractivity contribution in [3.63, 3.8) is 0 Å². The van der Waals surface area contributed by atoms with E-state index < -0.39 is 0 Å². The van der Waals surface area contributed by atoms with Gasteiger partial charge in [-0.05, 0) is 72.9 Å². The molecule has 0 aliphatic heterocycles. The fraction of sp³-hybridized carbons (Fsp3) is 0.360. The Labute approximate surface area is 156 Å². The van der Waals surface area contributed by atoms with E-state index in [1.807, 2.05) is 24.3 Å². The van der Waals surface area contributed by atoms with Crippen LogP contribution in [0.25, 0.3) is 10.8 Å². The van der Waals surface area contributed by atoms with Crippen LogP contribution in [-0.4, -0.2) is 0 Å². The van der Waals surface area contributed by atoms with Gasteiger partial charge in [0.05, 0.1) is 0 Å². The summed E-state index contributed by atoms with van der Waals surface area (Å²) in [7, 11) is 0. The van der Waals surface area contributed by atoms with Crippen molar-refractivity contribution >= 4 is 10.8 Å². The van der Waals surface area contributed by atoms with Crippen molar-refractivity contribution in [3.8, 4) is 0 Å². The zero-order valence-corrected chi connectivity index (χ0v) is 15.7. The summed E-state index contributed by atoms with van der Waals surface area (Å²) in [5.74, 6) is 1.82. The summed E-state index contributed by atoms with van der Waals surface area (Å²) in [5, 5.41) is 1.83. The Morgan fingerprint density at radius 3 is 2.42 bits per heavy atom. The summed E-state index contributed by atoms with van der Waals surface area (Å²) in [6.07, 6.45) is 5.08. The quantitative estimate of drug-likeness (QED) is 0.463. The third-order valence-corrected chi connectivity index (χ3v) is 6.21. The molecule has 0 saturated heterocycles. The Kier molecular flexibility index (Phi) is 4.80. The summed E-state index contributed by atoms with van der Waals surface area (Å²) >= 11 is 0. The molecule has 26 heavy (non-hydrogen) atoms. The lowest BCUT2D eigenvalue weighted by Gasteiger charge is -2.19. The summed E-state index contributed by atoms with van der Waals surface area (Å²) in [6, 6.07) is 20.6. The fourth-order valence-corrected chi connectivity index (χ4v) is 4.77. The molecule has 0 radical (unpaired) electrons. The summed E-state index contributed by atoms with van der Waals surface area (Å²) in [5.41, 5.74) is 4.12. The lowest BCUT2D eigenvalue weighted by atomic mass is 9.86. The molecule has 3 atom stereocenters. The highest BCUT2D eigenvalue weighted by Crippen LogP contribution is 2.43. The van der Waals surface area contributed by atoms with Gasteiger partial charge in [0.2, 0.25) is 0 Å². The van der Waals surface area contributed by atoms with Crippen molar-refractivity contribution in [1.82, 2.24) is 0 Å². The van der Waals surface area contributed by atoms with Crippen LogP contribution in [0.4, 0.5) is 4.39 Å². The number of fused-ring (bicyclic) bond motifs is 1. The number of hydrogen-bond donors (Lipinski definition) is 0. The van der Waals surface area contributed by atoms with Crippen LogP contribution >= 0.6 is 0 Å². The molecule has 1 aliphatic rings. The maximum absolute atomic E-state index is 14.1. The van der Waals surface area contributed by atoms with Gasteiger partial charge >= 0.3 is 0 Å². The van der Waals surface area contributed by atoms with Gasteiger partial charge in [0.15, 0.2) is 0 Å². The largest absolute Gasteiger partial charge is 0.206 e. The van der Waals surface area contributed by atoms with Crippen molar-refractivity contribution < 1.29 is 4.39 Å². The van der Waals surface area contributed by atoms with E-state index in [9.17, 15) is 4.39 Å². The molecule has 1 saturated carbocycles. The second kappa shape index (κ2) is 7.23. The van der Waals surface area contributed by atoms with Crippen molar-refractivity contribution in [3.05, 3.63) is 83.2 Å². The molecule has 0 amide bonds. The van der Waals surface area contributed by atoms with E-state index in [2.05, 4.69) is 44.2 Å². The van der Waals surface area contributed by atoms with E-state index >= 15 is 0 Å². The van der Waals surface area contributed by atoms with Crippen LogP contribution in [0.5, 0.6) is 0 Å². The fourth-order valence-electron chi connectivity index (χ4n) is 4.77. The van der Waals surface area contributed by atoms with Gasteiger partial charge in [-0.1, -0.05) is 67.1 Å². The molecule has 134 valence electrons. The highest BCUT2D eigenvalue weighted by molar-refractivity contribution is 5.86. The van der Waals surface area contributed by atoms with Gasteiger partial charge in [-0.25, -0.2) is 4.39 Å². The predicted molar refractivity (Wildman–Crippen MR) is 108 cm³/mol. The molecule has 3 aromatic carbocycles. The lowest BCUT2D eigenvalue weighted by molar-refractivity contribution is 0.455. The van der Waals surface area contributed by atoms with Crippen molar-refractivity contribution in [2.75, 3.05) is 0 Å². The number of hydrogen-bond acceptors (Lipinski definition) is 0. The molecule has 0 N–H and O–H groups in total. The Morgan fingerprint density at radius 1 is 0.923 bits per heavy atom. The molecule has 1 unspecified atom stereocenters. The number of benzene rings is 3. The monoisotopic (exact) mass is 346 g/mol. The Hall–Kier alpha value is -2.15. The van der Waals surface area contributed by atoms with Crippen LogP contribution in [0.2, 0.25) is 0 Å². The molecule has 3 aromatic rings. The van der Waals surface area contributed by atoms with Crippen molar-refractivity contribution in [2.24, 2.45) is 5.92 Å². The first-order valence-corrected chi connectivity index (χ1v) is 9.85. The molecule has 0 nitrogen and oxygen atoms in total. The predicted octanol–water partition coefficient (Wildman–Crippen LogP) is 7.36. The average molecular weight is 346 g/mol. The molecular weight excluding hydrogens is 319 g/mol. The van der Waals surface area contributed by atoms with E-state index in [4.69, 9.17) is 0 Å². The molecule has 1 aliphatic carbocycles. The highest BCUT2D eigenvalue weighted by atomic mass is 19.1. The van der Waals surface area contributed by atoms with Gasteiger partial charge in [-0.2, -0.15) is 0 Å². The first kappa shape index (κ1) is 17.3. The van der Waals surface area contributed by atoms with Gasteiger partial charge in [-0.15, -0.1) is 0 Å².